The molecule has 1 atom stereocenters. The number of likely N-dealkylation sites (N-methyl/N-ethyl adjacent to an activating group) is 1. The van der Waals surface area contributed by atoms with Crippen molar-refractivity contribution < 1.29 is 14.6 Å². The van der Waals surface area contributed by atoms with Crippen molar-refractivity contribution in [3.63, 3.8) is 0 Å². The lowest BCUT2D eigenvalue weighted by Crippen LogP contribution is -2.37. The van der Waals surface area contributed by atoms with E-state index in [-0.39, 0.29) is 12.6 Å². The molecule has 3 N–H and O–H groups in total. The number of hydrogen-bond donors (Lipinski definition) is 2. The Balaban J connectivity index is 2.67. The van der Waals surface area contributed by atoms with Gasteiger partial charge in [0.2, 0.25) is 0 Å². The van der Waals surface area contributed by atoms with Gasteiger partial charge in [-0.25, -0.2) is 0 Å². The maximum atomic E-state index is 8.91. The summed E-state index contributed by atoms with van der Waals surface area (Å²) < 4.78 is 10.4. The number of benzene rings is 1. The molecule has 102 valence electrons. The number of methoxy groups -OCH3 is 2. The Morgan fingerprint density at radius 2 is 1.94 bits per heavy atom. The molecule has 0 heterocycles. The van der Waals surface area contributed by atoms with Crippen molar-refractivity contribution in [2.45, 2.75) is 12.6 Å². The summed E-state index contributed by atoms with van der Waals surface area (Å²) in [6.07, 6.45) is 0. The van der Waals surface area contributed by atoms with Crippen LogP contribution >= 0.6 is 0 Å². The van der Waals surface area contributed by atoms with E-state index in [9.17, 15) is 0 Å². The Bertz CT molecular complexity index is 371. The summed E-state index contributed by atoms with van der Waals surface area (Å²) in [5, 5.41) is 8.91. The van der Waals surface area contributed by atoms with Crippen molar-refractivity contribution in [1.82, 2.24) is 4.90 Å². The topological polar surface area (TPSA) is 68.0 Å². The molecule has 0 fully saturated rings. The Hall–Kier alpha value is -1.30. The SMILES string of the molecule is COc1ccc(CN(C)CC(N)CO)cc1OC. The lowest BCUT2D eigenvalue weighted by molar-refractivity contribution is 0.218. The van der Waals surface area contributed by atoms with Crippen LogP contribution in [0.25, 0.3) is 0 Å². The highest BCUT2D eigenvalue weighted by Gasteiger charge is 2.09. The highest BCUT2D eigenvalue weighted by molar-refractivity contribution is 5.42. The highest BCUT2D eigenvalue weighted by atomic mass is 16.5. The lowest BCUT2D eigenvalue weighted by atomic mass is 10.2. The van der Waals surface area contributed by atoms with Gasteiger partial charge in [-0.15, -0.1) is 0 Å². The maximum Gasteiger partial charge on any atom is 0.161 e. The van der Waals surface area contributed by atoms with Crippen molar-refractivity contribution in [2.24, 2.45) is 5.73 Å². The minimum absolute atomic E-state index is 0.00370. The number of hydrogen-bond acceptors (Lipinski definition) is 5. The third kappa shape index (κ3) is 4.18. The number of rotatable bonds is 7. The number of nitrogens with two attached hydrogens (primary N) is 1. The van der Waals surface area contributed by atoms with Crippen LogP contribution in [0.2, 0.25) is 0 Å². The first-order valence-corrected chi connectivity index (χ1v) is 5.86. The third-order valence-electron chi connectivity index (χ3n) is 2.68. The van der Waals surface area contributed by atoms with Crippen molar-refractivity contribution in [1.29, 1.82) is 0 Å². The number of aliphatic hydroxyl groups excluding tert-OH is 1. The van der Waals surface area contributed by atoms with Gasteiger partial charge in [-0.05, 0) is 24.7 Å². The maximum absolute atomic E-state index is 8.91. The molecule has 0 bridgehead atoms. The van der Waals surface area contributed by atoms with Crippen LogP contribution in [0.3, 0.4) is 0 Å². The van der Waals surface area contributed by atoms with Crippen LogP contribution < -0.4 is 15.2 Å². The number of nitrogens with zero attached hydrogens (tertiary/aromatic N) is 1. The Morgan fingerprint density at radius 3 is 2.50 bits per heavy atom. The molecule has 0 aliphatic heterocycles. The van der Waals surface area contributed by atoms with E-state index in [0.717, 1.165) is 23.6 Å². The minimum Gasteiger partial charge on any atom is -0.493 e. The molecule has 18 heavy (non-hydrogen) atoms. The van der Waals surface area contributed by atoms with Gasteiger partial charge in [0, 0.05) is 19.1 Å². The predicted molar refractivity (Wildman–Crippen MR) is 70.9 cm³/mol. The first-order chi connectivity index (χ1) is 8.60. The lowest BCUT2D eigenvalue weighted by Gasteiger charge is -2.20. The second kappa shape index (κ2) is 7.20. The van der Waals surface area contributed by atoms with Gasteiger partial charge in [0.1, 0.15) is 0 Å². The van der Waals surface area contributed by atoms with Crippen LogP contribution in [-0.4, -0.2) is 50.5 Å². The van der Waals surface area contributed by atoms with E-state index in [1.807, 2.05) is 25.2 Å². The van der Waals surface area contributed by atoms with Gasteiger partial charge in [0.15, 0.2) is 11.5 Å². The monoisotopic (exact) mass is 254 g/mol. The summed E-state index contributed by atoms with van der Waals surface area (Å²) in [7, 11) is 5.20. The Labute approximate surface area is 108 Å². The first-order valence-electron chi connectivity index (χ1n) is 5.86. The first kappa shape index (κ1) is 14.8. The smallest absolute Gasteiger partial charge is 0.161 e. The van der Waals surface area contributed by atoms with E-state index in [1.54, 1.807) is 14.2 Å². The van der Waals surface area contributed by atoms with Gasteiger partial charge < -0.3 is 25.2 Å². The van der Waals surface area contributed by atoms with Crippen LogP contribution in [0.4, 0.5) is 0 Å². The Morgan fingerprint density at radius 1 is 1.28 bits per heavy atom. The van der Waals surface area contributed by atoms with Crippen molar-refractivity contribution in [2.75, 3.05) is 34.4 Å². The van der Waals surface area contributed by atoms with Crippen LogP contribution in [-0.2, 0) is 6.54 Å². The molecular formula is C13H22N2O3. The van der Waals surface area contributed by atoms with E-state index < -0.39 is 0 Å². The molecule has 0 saturated carbocycles. The van der Waals surface area contributed by atoms with Gasteiger partial charge in [-0.2, -0.15) is 0 Å². The van der Waals surface area contributed by atoms with Crippen molar-refractivity contribution >= 4 is 0 Å². The molecule has 5 heteroatoms. The summed E-state index contributed by atoms with van der Waals surface area (Å²) in [5.74, 6) is 1.44. The standard InChI is InChI=1S/C13H22N2O3/c1-15(8-11(14)9-16)7-10-4-5-12(17-2)13(6-10)18-3/h4-6,11,16H,7-9,14H2,1-3H3. The molecule has 1 aromatic carbocycles. The zero-order chi connectivity index (χ0) is 13.5. The molecule has 5 nitrogen and oxygen atoms in total. The minimum atomic E-state index is -0.213. The van der Waals surface area contributed by atoms with Crippen molar-refractivity contribution in [3.8, 4) is 11.5 Å². The van der Waals surface area contributed by atoms with Crippen LogP contribution in [0.1, 0.15) is 5.56 Å². The summed E-state index contributed by atoms with van der Waals surface area (Å²) in [5.41, 5.74) is 6.80. The van der Waals surface area contributed by atoms with Gasteiger partial charge in [0.05, 0.1) is 20.8 Å². The van der Waals surface area contributed by atoms with E-state index in [4.69, 9.17) is 20.3 Å². The van der Waals surface area contributed by atoms with E-state index in [0.29, 0.717) is 6.54 Å². The zero-order valence-corrected chi connectivity index (χ0v) is 11.2. The quantitative estimate of drug-likeness (QED) is 0.739. The second-order valence-corrected chi connectivity index (χ2v) is 4.33. The molecule has 0 amide bonds. The molecule has 0 saturated heterocycles. The highest BCUT2D eigenvalue weighted by Crippen LogP contribution is 2.27. The summed E-state index contributed by atoms with van der Waals surface area (Å²) in [6.45, 7) is 1.38. The molecule has 1 unspecified atom stereocenters. The van der Waals surface area contributed by atoms with E-state index in [1.165, 1.54) is 0 Å². The molecular weight excluding hydrogens is 232 g/mol. The fourth-order valence-electron chi connectivity index (χ4n) is 1.81. The second-order valence-electron chi connectivity index (χ2n) is 4.33. The zero-order valence-electron chi connectivity index (χ0n) is 11.2. The number of aliphatic hydroxyl groups is 1. The Kier molecular flexibility index (Phi) is 5.91. The third-order valence-corrected chi connectivity index (χ3v) is 2.68. The van der Waals surface area contributed by atoms with Crippen LogP contribution in [0.15, 0.2) is 18.2 Å². The molecule has 0 spiro atoms. The predicted octanol–water partition coefficient (Wildman–Crippen LogP) is 0.455. The van der Waals surface area contributed by atoms with E-state index >= 15 is 0 Å². The molecule has 1 aromatic rings. The van der Waals surface area contributed by atoms with Crippen molar-refractivity contribution in [3.05, 3.63) is 23.8 Å². The average molecular weight is 254 g/mol. The average Bonchev–Trinajstić information content (AvgIpc) is 2.38. The van der Waals surface area contributed by atoms with Gasteiger partial charge in [-0.1, -0.05) is 6.07 Å². The fourth-order valence-corrected chi connectivity index (χ4v) is 1.81. The molecule has 0 aliphatic rings. The van der Waals surface area contributed by atoms with Gasteiger partial charge in [0.25, 0.3) is 0 Å². The summed E-state index contributed by atoms with van der Waals surface area (Å²) >= 11 is 0. The van der Waals surface area contributed by atoms with Crippen LogP contribution in [0.5, 0.6) is 11.5 Å². The van der Waals surface area contributed by atoms with Gasteiger partial charge in [-0.3, -0.25) is 0 Å². The normalized spacial score (nSPS) is 12.6. The summed E-state index contributed by atoms with van der Waals surface area (Å²) in [6, 6.07) is 5.60. The molecule has 0 aromatic heterocycles. The van der Waals surface area contributed by atoms with Gasteiger partial charge >= 0.3 is 0 Å². The van der Waals surface area contributed by atoms with Crippen LogP contribution in [0, 0.1) is 0 Å². The summed E-state index contributed by atoms with van der Waals surface area (Å²) in [4.78, 5) is 2.06. The van der Waals surface area contributed by atoms with E-state index in [2.05, 4.69) is 4.90 Å². The molecule has 0 aliphatic carbocycles. The largest absolute Gasteiger partial charge is 0.493 e. The fraction of sp³-hybridized carbons (Fsp3) is 0.538. The molecule has 0 radical (unpaired) electrons. The molecule has 1 rings (SSSR count). The number of ether oxygens (including phenoxy) is 2.